The maximum Gasteiger partial charge on any atom is 0.224 e. The van der Waals surface area contributed by atoms with Gasteiger partial charge in [0, 0.05) is 25.6 Å². The molecule has 2 fully saturated rings. The number of hydrogen-bond donors (Lipinski definition) is 1. The van der Waals surface area contributed by atoms with Gasteiger partial charge in [-0.25, -0.2) is 0 Å². The largest absolute Gasteiger partial charge is 0.349 e. The average molecular weight is 331 g/mol. The number of aromatic nitrogens is 3. The lowest BCUT2D eigenvalue weighted by Gasteiger charge is -2.36. The fraction of sp³-hybridized carbons (Fsp3) is 0.833. The van der Waals surface area contributed by atoms with E-state index in [0.717, 1.165) is 50.0 Å². The van der Waals surface area contributed by atoms with E-state index in [4.69, 9.17) is 0 Å². The van der Waals surface area contributed by atoms with Crippen molar-refractivity contribution >= 4 is 5.91 Å². The second kappa shape index (κ2) is 7.21. The molecule has 1 amide bonds. The van der Waals surface area contributed by atoms with Crippen LogP contribution >= 0.6 is 0 Å². The molecule has 1 aromatic rings. The summed E-state index contributed by atoms with van der Waals surface area (Å²) >= 11 is 0. The number of rotatable bonds is 4. The van der Waals surface area contributed by atoms with Gasteiger partial charge in [0.25, 0.3) is 0 Å². The van der Waals surface area contributed by atoms with Crippen LogP contribution in [0.4, 0.5) is 0 Å². The molecule has 4 rings (SSSR count). The number of carbonyl (C=O) groups excluding carboxylic acids is 1. The Morgan fingerprint density at radius 1 is 1.04 bits per heavy atom. The standard InChI is InChI=1S/C18H29N5O/c24-18(14-6-5-10-22(13-14)15-7-1-2-8-15)19-12-17-21-20-16-9-3-4-11-23(16)17/h14-15H,1-13H2,(H,19,24)/t14-/m1/s1. The highest BCUT2D eigenvalue weighted by Crippen LogP contribution is 2.28. The Hall–Kier alpha value is -1.43. The number of fused-ring (bicyclic) bond motifs is 1. The first-order valence-electron chi connectivity index (χ1n) is 9.74. The smallest absolute Gasteiger partial charge is 0.224 e. The maximum atomic E-state index is 12.6. The lowest BCUT2D eigenvalue weighted by molar-refractivity contribution is -0.127. The average Bonchev–Trinajstić information content (AvgIpc) is 3.30. The third kappa shape index (κ3) is 3.34. The molecule has 0 spiro atoms. The van der Waals surface area contributed by atoms with E-state index < -0.39 is 0 Å². The van der Waals surface area contributed by atoms with Crippen molar-refractivity contribution in [1.82, 2.24) is 25.0 Å². The zero-order valence-corrected chi connectivity index (χ0v) is 14.5. The minimum atomic E-state index is 0.142. The Balaban J connectivity index is 1.31. The van der Waals surface area contributed by atoms with E-state index in [-0.39, 0.29) is 11.8 Å². The van der Waals surface area contributed by atoms with E-state index in [2.05, 4.69) is 25.0 Å². The van der Waals surface area contributed by atoms with Gasteiger partial charge < -0.3 is 9.88 Å². The van der Waals surface area contributed by atoms with Crippen molar-refractivity contribution in [2.45, 2.75) is 76.9 Å². The summed E-state index contributed by atoms with van der Waals surface area (Å²) in [6, 6.07) is 0.726. The summed E-state index contributed by atoms with van der Waals surface area (Å²) in [4.78, 5) is 15.2. The molecule has 0 bridgehead atoms. The van der Waals surface area contributed by atoms with Gasteiger partial charge in [0.15, 0.2) is 5.82 Å². The molecule has 3 aliphatic rings. The Bertz CT molecular complexity index is 578. The van der Waals surface area contributed by atoms with Crippen LogP contribution in [0.1, 0.15) is 63.0 Å². The van der Waals surface area contributed by atoms with Crippen LogP contribution in [0.25, 0.3) is 0 Å². The monoisotopic (exact) mass is 331 g/mol. The summed E-state index contributed by atoms with van der Waals surface area (Å²) in [7, 11) is 0. The maximum absolute atomic E-state index is 12.6. The van der Waals surface area contributed by atoms with Crippen molar-refractivity contribution < 1.29 is 4.79 Å². The Morgan fingerprint density at radius 2 is 1.92 bits per heavy atom. The van der Waals surface area contributed by atoms with Crippen LogP contribution in [-0.2, 0) is 24.3 Å². The van der Waals surface area contributed by atoms with E-state index in [1.54, 1.807) is 0 Å². The summed E-state index contributed by atoms with van der Waals surface area (Å²) in [6.45, 7) is 3.62. The second-order valence-electron chi connectivity index (χ2n) is 7.63. The van der Waals surface area contributed by atoms with Gasteiger partial charge in [-0.05, 0) is 45.1 Å². The number of aryl methyl sites for hydroxylation is 1. The van der Waals surface area contributed by atoms with Crippen LogP contribution in [-0.4, -0.2) is 44.7 Å². The number of carbonyl (C=O) groups is 1. The molecule has 3 heterocycles. The number of hydrogen-bond acceptors (Lipinski definition) is 4. The first-order valence-corrected chi connectivity index (χ1v) is 9.74. The molecule has 1 atom stereocenters. The van der Waals surface area contributed by atoms with Crippen LogP contribution in [0.3, 0.4) is 0 Å². The molecular formula is C18H29N5O. The van der Waals surface area contributed by atoms with Crippen LogP contribution in [0, 0.1) is 5.92 Å². The van der Waals surface area contributed by atoms with Crippen molar-refractivity contribution in [3.63, 3.8) is 0 Å². The molecule has 0 aromatic carbocycles. The van der Waals surface area contributed by atoms with E-state index in [1.165, 1.54) is 45.1 Å². The summed E-state index contributed by atoms with van der Waals surface area (Å²) in [5.41, 5.74) is 0. The summed E-state index contributed by atoms with van der Waals surface area (Å²) in [5, 5.41) is 11.7. The van der Waals surface area contributed by atoms with Crippen molar-refractivity contribution in [1.29, 1.82) is 0 Å². The lowest BCUT2D eigenvalue weighted by atomic mass is 9.95. The molecule has 1 aliphatic carbocycles. The molecule has 2 aliphatic heterocycles. The lowest BCUT2D eigenvalue weighted by Crippen LogP contribution is -2.46. The fourth-order valence-electron chi connectivity index (χ4n) is 4.63. The summed E-state index contributed by atoms with van der Waals surface area (Å²) in [5.74, 6) is 2.34. The molecule has 132 valence electrons. The minimum Gasteiger partial charge on any atom is -0.349 e. The van der Waals surface area contributed by atoms with Crippen molar-refractivity contribution in [3.8, 4) is 0 Å². The summed E-state index contributed by atoms with van der Waals surface area (Å²) in [6.07, 6.45) is 10.9. The van der Waals surface area contributed by atoms with Gasteiger partial charge >= 0.3 is 0 Å². The normalized spacial score (nSPS) is 25.6. The van der Waals surface area contributed by atoms with Gasteiger partial charge in [0.05, 0.1) is 12.5 Å². The molecule has 6 nitrogen and oxygen atoms in total. The highest BCUT2D eigenvalue weighted by Gasteiger charge is 2.31. The zero-order valence-electron chi connectivity index (χ0n) is 14.5. The summed E-state index contributed by atoms with van der Waals surface area (Å²) < 4.78 is 2.19. The third-order valence-electron chi connectivity index (χ3n) is 6.02. The van der Waals surface area contributed by atoms with E-state index in [9.17, 15) is 4.79 Å². The highest BCUT2D eigenvalue weighted by molar-refractivity contribution is 5.78. The van der Waals surface area contributed by atoms with E-state index in [0.29, 0.717) is 6.54 Å². The molecular weight excluding hydrogens is 302 g/mol. The number of likely N-dealkylation sites (tertiary alicyclic amines) is 1. The van der Waals surface area contributed by atoms with Gasteiger partial charge in [-0.1, -0.05) is 12.8 Å². The highest BCUT2D eigenvalue weighted by atomic mass is 16.1. The van der Waals surface area contributed by atoms with Gasteiger partial charge in [-0.3, -0.25) is 9.69 Å². The van der Waals surface area contributed by atoms with Crippen LogP contribution in [0.5, 0.6) is 0 Å². The van der Waals surface area contributed by atoms with Crippen LogP contribution < -0.4 is 5.32 Å². The van der Waals surface area contributed by atoms with Gasteiger partial charge in [0.1, 0.15) is 5.82 Å². The SMILES string of the molecule is O=C(NCc1nnc2n1CCCC2)[C@@H]1CCCN(C2CCCC2)C1. The molecule has 24 heavy (non-hydrogen) atoms. The van der Waals surface area contributed by atoms with E-state index >= 15 is 0 Å². The molecule has 0 unspecified atom stereocenters. The number of nitrogens with zero attached hydrogens (tertiary/aromatic N) is 4. The number of piperidine rings is 1. The van der Waals surface area contributed by atoms with Crippen molar-refractivity contribution in [2.24, 2.45) is 5.92 Å². The first-order chi connectivity index (χ1) is 11.8. The quantitative estimate of drug-likeness (QED) is 0.915. The number of nitrogens with one attached hydrogen (secondary N) is 1. The molecule has 1 saturated heterocycles. The zero-order chi connectivity index (χ0) is 16.4. The molecule has 0 radical (unpaired) electrons. The second-order valence-corrected chi connectivity index (χ2v) is 7.63. The Labute approximate surface area is 144 Å². The van der Waals surface area contributed by atoms with Gasteiger partial charge in [0.2, 0.25) is 5.91 Å². The van der Waals surface area contributed by atoms with Gasteiger partial charge in [-0.2, -0.15) is 0 Å². The predicted molar refractivity (Wildman–Crippen MR) is 91.4 cm³/mol. The topological polar surface area (TPSA) is 63.1 Å². The van der Waals surface area contributed by atoms with Crippen molar-refractivity contribution in [3.05, 3.63) is 11.6 Å². The fourth-order valence-corrected chi connectivity index (χ4v) is 4.63. The molecule has 6 heteroatoms. The van der Waals surface area contributed by atoms with Crippen molar-refractivity contribution in [2.75, 3.05) is 13.1 Å². The van der Waals surface area contributed by atoms with Gasteiger partial charge in [-0.15, -0.1) is 10.2 Å². The molecule has 1 aromatic heterocycles. The van der Waals surface area contributed by atoms with E-state index in [1.807, 2.05) is 0 Å². The molecule has 1 saturated carbocycles. The first kappa shape index (κ1) is 16.1. The van der Waals surface area contributed by atoms with Crippen LogP contribution in [0.15, 0.2) is 0 Å². The minimum absolute atomic E-state index is 0.142. The Morgan fingerprint density at radius 3 is 2.79 bits per heavy atom. The predicted octanol–water partition coefficient (Wildman–Crippen LogP) is 1.89. The molecule has 1 N–H and O–H groups in total. The van der Waals surface area contributed by atoms with Crippen LogP contribution in [0.2, 0.25) is 0 Å². The Kier molecular flexibility index (Phi) is 4.83. The number of amides is 1. The third-order valence-corrected chi connectivity index (χ3v) is 6.02.